The van der Waals surface area contributed by atoms with E-state index in [0.29, 0.717) is 6.61 Å². The van der Waals surface area contributed by atoms with Gasteiger partial charge in [-0.15, -0.1) is 0 Å². The Kier molecular flexibility index (Phi) is 5.00. The predicted octanol–water partition coefficient (Wildman–Crippen LogP) is 0.856. The number of hydrogen-bond donors (Lipinski definition) is 0. The number of ether oxygens (including phenoxy) is 4. The maximum absolute atomic E-state index is 12.4. The predicted molar refractivity (Wildman–Crippen MR) is 79.5 cm³/mol. The molecule has 128 valence electrons. The fourth-order valence-corrected chi connectivity index (χ4v) is 3.80. The van der Waals surface area contributed by atoms with Crippen LogP contribution in [0.1, 0.15) is 5.56 Å². The second-order valence-corrected chi connectivity index (χ2v) is 7.18. The van der Waals surface area contributed by atoms with Crippen molar-refractivity contribution in [1.29, 1.82) is 0 Å². The molecule has 8 heteroatoms. The minimum Gasteiger partial charge on any atom is -0.370 e. The lowest BCUT2D eigenvalue weighted by molar-refractivity contribution is -0.106. The fraction of sp³-hybridized carbons (Fsp3) is 0.600. The molecule has 0 bridgehead atoms. The zero-order valence-corrected chi connectivity index (χ0v) is 13.8. The lowest BCUT2D eigenvalue weighted by Crippen LogP contribution is -2.35. The van der Waals surface area contributed by atoms with Crippen LogP contribution in [0.15, 0.2) is 29.2 Å². The van der Waals surface area contributed by atoms with Crippen molar-refractivity contribution >= 4 is 10.1 Å². The van der Waals surface area contributed by atoms with Gasteiger partial charge in [-0.25, -0.2) is 0 Å². The number of aryl methyl sites for hydroxylation is 1. The van der Waals surface area contributed by atoms with Crippen LogP contribution in [0.3, 0.4) is 0 Å². The molecule has 2 aliphatic rings. The van der Waals surface area contributed by atoms with E-state index < -0.39 is 22.3 Å². The molecule has 2 saturated heterocycles. The van der Waals surface area contributed by atoms with Gasteiger partial charge in [-0.05, 0) is 19.1 Å². The molecule has 23 heavy (non-hydrogen) atoms. The van der Waals surface area contributed by atoms with Crippen molar-refractivity contribution in [2.24, 2.45) is 0 Å². The van der Waals surface area contributed by atoms with Crippen LogP contribution in [-0.2, 0) is 33.2 Å². The van der Waals surface area contributed by atoms with Gasteiger partial charge in [0, 0.05) is 7.11 Å². The molecule has 3 rings (SSSR count). The number of fused-ring (bicyclic) bond motifs is 1. The summed E-state index contributed by atoms with van der Waals surface area (Å²) in [5, 5.41) is 0. The molecule has 4 atom stereocenters. The average molecular weight is 344 g/mol. The summed E-state index contributed by atoms with van der Waals surface area (Å²) in [4.78, 5) is 0.122. The lowest BCUT2D eigenvalue weighted by Gasteiger charge is -2.17. The van der Waals surface area contributed by atoms with Crippen LogP contribution in [-0.4, -0.2) is 60.0 Å². The van der Waals surface area contributed by atoms with Gasteiger partial charge in [-0.3, -0.25) is 4.18 Å². The first-order valence-corrected chi connectivity index (χ1v) is 8.76. The van der Waals surface area contributed by atoms with E-state index in [4.69, 9.17) is 23.1 Å². The molecule has 2 aliphatic heterocycles. The number of hydrogen-bond acceptors (Lipinski definition) is 7. The van der Waals surface area contributed by atoms with E-state index >= 15 is 0 Å². The van der Waals surface area contributed by atoms with Crippen LogP contribution in [0.25, 0.3) is 0 Å². The highest BCUT2D eigenvalue weighted by atomic mass is 32.2. The fourth-order valence-electron chi connectivity index (χ4n) is 2.73. The summed E-state index contributed by atoms with van der Waals surface area (Å²) in [6.45, 7) is 2.49. The Morgan fingerprint density at radius 3 is 2.35 bits per heavy atom. The quantitative estimate of drug-likeness (QED) is 0.559. The van der Waals surface area contributed by atoms with Gasteiger partial charge in [0.15, 0.2) is 0 Å². The van der Waals surface area contributed by atoms with Crippen molar-refractivity contribution in [3.8, 4) is 0 Å². The van der Waals surface area contributed by atoms with Gasteiger partial charge in [0.25, 0.3) is 10.1 Å². The number of rotatable bonds is 6. The van der Waals surface area contributed by atoms with Crippen LogP contribution < -0.4 is 0 Å². The summed E-state index contributed by atoms with van der Waals surface area (Å²) < 4.78 is 51.6. The molecule has 1 aromatic carbocycles. The highest BCUT2D eigenvalue weighted by molar-refractivity contribution is 7.86. The van der Waals surface area contributed by atoms with E-state index in [1.54, 1.807) is 12.1 Å². The molecule has 0 unspecified atom stereocenters. The van der Waals surface area contributed by atoms with Crippen molar-refractivity contribution < 1.29 is 31.5 Å². The highest BCUT2D eigenvalue weighted by Crippen LogP contribution is 2.32. The molecule has 0 spiro atoms. The third kappa shape index (κ3) is 3.57. The molecular weight excluding hydrogens is 324 g/mol. The summed E-state index contributed by atoms with van der Waals surface area (Å²) in [7, 11) is -2.33. The minimum absolute atomic E-state index is 0.122. The molecule has 2 fully saturated rings. The normalized spacial score (nSPS) is 30.5. The van der Waals surface area contributed by atoms with E-state index in [9.17, 15) is 8.42 Å². The topological polar surface area (TPSA) is 80.3 Å². The Morgan fingerprint density at radius 1 is 1.09 bits per heavy atom. The third-order valence-electron chi connectivity index (χ3n) is 3.92. The van der Waals surface area contributed by atoms with Crippen LogP contribution in [0, 0.1) is 6.92 Å². The SMILES string of the molecule is COCO[C@@H]1CO[C@H]2[C@@H]1OC[C@H]2OS(=O)(=O)c1ccc(C)cc1. The molecule has 2 heterocycles. The van der Waals surface area contributed by atoms with E-state index in [0.717, 1.165) is 5.56 Å². The molecule has 0 N–H and O–H groups in total. The van der Waals surface area contributed by atoms with Crippen molar-refractivity contribution in [1.82, 2.24) is 0 Å². The first kappa shape index (κ1) is 16.8. The number of benzene rings is 1. The van der Waals surface area contributed by atoms with Crippen molar-refractivity contribution in [3.05, 3.63) is 29.8 Å². The maximum atomic E-state index is 12.4. The van der Waals surface area contributed by atoms with Crippen molar-refractivity contribution in [2.45, 2.75) is 36.2 Å². The largest absolute Gasteiger partial charge is 0.370 e. The summed E-state index contributed by atoms with van der Waals surface area (Å²) >= 11 is 0. The second-order valence-electron chi connectivity index (χ2n) is 5.61. The monoisotopic (exact) mass is 344 g/mol. The van der Waals surface area contributed by atoms with E-state index in [1.165, 1.54) is 19.2 Å². The van der Waals surface area contributed by atoms with Crippen molar-refractivity contribution in [3.63, 3.8) is 0 Å². The average Bonchev–Trinajstić information content (AvgIpc) is 3.09. The van der Waals surface area contributed by atoms with Gasteiger partial charge >= 0.3 is 0 Å². The molecule has 1 aromatic rings. The zero-order valence-electron chi connectivity index (χ0n) is 13.0. The third-order valence-corrected chi connectivity index (χ3v) is 5.27. The minimum atomic E-state index is -3.86. The molecule has 7 nitrogen and oxygen atoms in total. The molecule has 0 amide bonds. The molecule has 0 aromatic heterocycles. The standard InChI is InChI=1S/C15H20O7S/c1-10-3-5-11(6-4-10)23(16,17)22-13-8-20-14-12(21-9-18-2)7-19-15(13)14/h3-6,12-15H,7-9H2,1-2H3/t12-,13-,14-,15-/m1/s1. The Morgan fingerprint density at radius 2 is 1.70 bits per heavy atom. The Bertz CT molecular complexity index is 628. The van der Waals surface area contributed by atoms with Gasteiger partial charge in [-0.2, -0.15) is 8.42 Å². The van der Waals surface area contributed by atoms with Gasteiger partial charge in [0.2, 0.25) is 0 Å². The highest BCUT2D eigenvalue weighted by Gasteiger charge is 2.50. The van der Waals surface area contributed by atoms with Crippen LogP contribution >= 0.6 is 0 Å². The van der Waals surface area contributed by atoms with E-state index in [1.807, 2.05) is 6.92 Å². The van der Waals surface area contributed by atoms with Gasteiger partial charge in [0.05, 0.1) is 18.1 Å². The first-order chi connectivity index (χ1) is 11.0. The Hall–Kier alpha value is -1.03. The van der Waals surface area contributed by atoms with Crippen LogP contribution in [0.4, 0.5) is 0 Å². The van der Waals surface area contributed by atoms with Gasteiger partial charge in [0.1, 0.15) is 31.2 Å². The number of methoxy groups -OCH3 is 1. The Labute approximate surface area is 135 Å². The lowest BCUT2D eigenvalue weighted by atomic mass is 10.1. The van der Waals surface area contributed by atoms with E-state index in [2.05, 4.69) is 0 Å². The smallest absolute Gasteiger partial charge is 0.297 e. The summed E-state index contributed by atoms with van der Waals surface area (Å²) in [6.07, 6.45) is -1.77. The summed E-state index contributed by atoms with van der Waals surface area (Å²) in [6, 6.07) is 6.51. The molecular formula is C15H20O7S. The maximum Gasteiger partial charge on any atom is 0.297 e. The molecule has 0 radical (unpaired) electrons. The van der Waals surface area contributed by atoms with Gasteiger partial charge in [-0.1, -0.05) is 17.7 Å². The molecule has 0 aliphatic carbocycles. The van der Waals surface area contributed by atoms with E-state index in [-0.39, 0.29) is 30.5 Å². The van der Waals surface area contributed by atoms with Crippen LogP contribution in [0.5, 0.6) is 0 Å². The second kappa shape index (κ2) is 6.84. The molecule has 0 saturated carbocycles. The Balaban J connectivity index is 1.66. The van der Waals surface area contributed by atoms with Crippen LogP contribution in [0.2, 0.25) is 0 Å². The first-order valence-electron chi connectivity index (χ1n) is 7.35. The zero-order chi connectivity index (χ0) is 16.4. The summed E-state index contributed by atoms with van der Waals surface area (Å²) in [5.74, 6) is 0. The van der Waals surface area contributed by atoms with Gasteiger partial charge < -0.3 is 18.9 Å². The summed E-state index contributed by atoms with van der Waals surface area (Å²) in [5.41, 5.74) is 0.977. The van der Waals surface area contributed by atoms with Crippen molar-refractivity contribution in [2.75, 3.05) is 27.1 Å².